The quantitative estimate of drug-likeness (QED) is 0.420. The van der Waals surface area contributed by atoms with Crippen LogP contribution in [0, 0.1) is 5.92 Å². The van der Waals surface area contributed by atoms with Gasteiger partial charge in [-0.25, -0.2) is 27.5 Å². The van der Waals surface area contributed by atoms with E-state index in [2.05, 4.69) is 43.5 Å². The van der Waals surface area contributed by atoms with Crippen molar-refractivity contribution in [3.05, 3.63) is 76.2 Å². The SMILES string of the molecule is CC1=CC2C(F)=C(CCCc3ncnc(NC4=CC=C(N5CCN(C)CC5)CC4)c3C(=O)N3CC(F)(F)C3)C=C(F)C2N1. The van der Waals surface area contributed by atoms with Crippen LogP contribution in [0.25, 0.3) is 0 Å². The van der Waals surface area contributed by atoms with Crippen molar-refractivity contribution in [3.8, 4) is 0 Å². The monoisotopic (exact) mass is 599 g/mol. The molecule has 2 fully saturated rings. The van der Waals surface area contributed by atoms with E-state index in [1.165, 1.54) is 18.1 Å². The van der Waals surface area contributed by atoms with Gasteiger partial charge in [-0.15, -0.1) is 0 Å². The van der Waals surface area contributed by atoms with Crippen LogP contribution in [0.4, 0.5) is 23.4 Å². The van der Waals surface area contributed by atoms with Crippen LogP contribution in [0.15, 0.2) is 64.9 Å². The number of halogens is 4. The summed E-state index contributed by atoms with van der Waals surface area (Å²) in [6, 6.07) is -0.709. The van der Waals surface area contributed by atoms with Crippen molar-refractivity contribution in [2.24, 2.45) is 5.92 Å². The van der Waals surface area contributed by atoms with Gasteiger partial charge in [0, 0.05) is 43.3 Å². The molecule has 8 nitrogen and oxygen atoms in total. The second-order valence-corrected chi connectivity index (χ2v) is 12.1. The summed E-state index contributed by atoms with van der Waals surface area (Å²) in [6.45, 7) is 4.44. The number of nitrogens with one attached hydrogen (secondary N) is 2. The summed E-state index contributed by atoms with van der Waals surface area (Å²) in [5, 5.41) is 6.23. The molecule has 0 radical (unpaired) electrons. The maximum atomic E-state index is 15.2. The van der Waals surface area contributed by atoms with E-state index >= 15 is 4.39 Å². The number of hydrogen-bond donors (Lipinski definition) is 2. The average molecular weight is 600 g/mol. The molecule has 2 saturated heterocycles. The van der Waals surface area contributed by atoms with Gasteiger partial charge in [0.25, 0.3) is 11.8 Å². The molecular formula is C31H37F4N7O. The number of carbonyl (C=O) groups is 1. The lowest BCUT2D eigenvalue weighted by Crippen LogP contribution is -2.58. The van der Waals surface area contributed by atoms with Crippen LogP contribution in [0.1, 0.15) is 48.7 Å². The van der Waals surface area contributed by atoms with Crippen LogP contribution >= 0.6 is 0 Å². The highest BCUT2D eigenvalue weighted by Gasteiger charge is 2.47. The van der Waals surface area contributed by atoms with Gasteiger partial charge < -0.3 is 25.3 Å². The van der Waals surface area contributed by atoms with Crippen molar-refractivity contribution in [1.82, 2.24) is 30.0 Å². The first kappa shape index (κ1) is 29.4. The summed E-state index contributed by atoms with van der Waals surface area (Å²) in [5.41, 5.74) is 3.68. The Morgan fingerprint density at radius 2 is 1.86 bits per heavy atom. The number of carbonyl (C=O) groups excluding carboxylic acids is 1. The Morgan fingerprint density at radius 1 is 1.09 bits per heavy atom. The van der Waals surface area contributed by atoms with Crippen LogP contribution < -0.4 is 10.6 Å². The lowest BCUT2D eigenvalue weighted by atomic mass is 9.88. The Labute approximate surface area is 248 Å². The van der Waals surface area contributed by atoms with E-state index in [0.717, 1.165) is 48.9 Å². The third-order valence-electron chi connectivity index (χ3n) is 8.83. The lowest BCUT2D eigenvalue weighted by Gasteiger charge is -2.39. The number of anilines is 1. The Kier molecular flexibility index (Phi) is 8.06. The molecule has 0 aromatic carbocycles. The molecule has 1 aromatic heterocycles. The molecule has 4 heterocycles. The Balaban J connectivity index is 1.19. The highest BCUT2D eigenvalue weighted by atomic mass is 19.3. The molecular weight excluding hydrogens is 562 g/mol. The minimum absolute atomic E-state index is 0.145. The molecule has 1 aromatic rings. The number of rotatable bonds is 8. The van der Waals surface area contributed by atoms with Crippen molar-refractivity contribution in [1.29, 1.82) is 0 Å². The van der Waals surface area contributed by atoms with Crippen molar-refractivity contribution in [2.45, 2.75) is 51.0 Å². The smallest absolute Gasteiger partial charge is 0.282 e. The number of alkyl halides is 2. The van der Waals surface area contributed by atoms with E-state index < -0.39 is 42.7 Å². The maximum Gasteiger partial charge on any atom is 0.282 e. The molecule has 0 spiro atoms. The van der Waals surface area contributed by atoms with E-state index in [-0.39, 0.29) is 35.6 Å². The largest absolute Gasteiger partial charge is 0.379 e. The van der Waals surface area contributed by atoms with E-state index in [9.17, 15) is 18.0 Å². The van der Waals surface area contributed by atoms with Crippen molar-refractivity contribution < 1.29 is 22.4 Å². The maximum absolute atomic E-state index is 15.2. The molecule has 2 N–H and O–H groups in total. The highest BCUT2D eigenvalue weighted by molar-refractivity contribution is 6.00. The first-order valence-corrected chi connectivity index (χ1v) is 14.9. The molecule has 5 aliphatic rings. The minimum atomic E-state index is -2.92. The number of likely N-dealkylation sites (tertiary alicyclic amines) is 1. The molecule has 3 aliphatic heterocycles. The van der Waals surface area contributed by atoms with Crippen LogP contribution in [0.5, 0.6) is 0 Å². The molecule has 230 valence electrons. The fourth-order valence-electron chi connectivity index (χ4n) is 6.37. The summed E-state index contributed by atoms with van der Waals surface area (Å²) in [4.78, 5) is 28.0. The summed E-state index contributed by atoms with van der Waals surface area (Å²) < 4.78 is 57.3. The number of piperazine rings is 1. The number of aromatic nitrogens is 2. The second-order valence-electron chi connectivity index (χ2n) is 12.1. The number of fused-ring (bicyclic) bond motifs is 1. The predicted molar refractivity (Wildman–Crippen MR) is 155 cm³/mol. The standard InChI is InChI=1S/C31H37F4N7O/c1-19-14-23-27(33)20(15-24(32)28(23)38-19)4-3-5-25-26(30(43)42-16-31(34,35)17-42)29(37-18-36-25)39-21-6-8-22(9-7-21)41-12-10-40(2)11-13-41/h6,8,14-15,18,23,28,38H,3-5,7,9-13,16-17H2,1-2H3,(H,36,37,39). The Hall–Kier alpha value is -3.67. The number of amides is 1. The summed E-state index contributed by atoms with van der Waals surface area (Å²) in [7, 11) is 2.12. The molecule has 2 atom stereocenters. The second kappa shape index (κ2) is 11.8. The lowest BCUT2D eigenvalue weighted by molar-refractivity contribution is -0.113. The van der Waals surface area contributed by atoms with Gasteiger partial charge >= 0.3 is 0 Å². The van der Waals surface area contributed by atoms with Gasteiger partial charge in [-0.3, -0.25) is 4.79 Å². The topological polar surface area (TPSA) is 76.6 Å². The molecule has 6 rings (SSSR count). The van der Waals surface area contributed by atoms with E-state index in [0.29, 0.717) is 18.5 Å². The number of hydrogen-bond acceptors (Lipinski definition) is 7. The summed E-state index contributed by atoms with van der Waals surface area (Å²) >= 11 is 0. The fraction of sp³-hybridized carbons (Fsp3) is 0.516. The van der Waals surface area contributed by atoms with Gasteiger partial charge in [0.2, 0.25) is 0 Å². The molecule has 1 amide bonds. The van der Waals surface area contributed by atoms with Gasteiger partial charge in [-0.1, -0.05) is 6.08 Å². The van der Waals surface area contributed by atoms with Crippen LogP contribution in [-0.2, 0) is 6.42 Å². The Morgan fingerprint density at radius 3 is 2.56 bits per heavy atom. The fourth-order valence-corrected chi connectivity index (χ4v) is 6.37. The highest BCUT2D eigenvalue weighted by Crippen LogP contribution is 2.38. The minimum Gasteiger partial charge on any atom is -0.379 e. The predicted octanol–water partition coefficient (Wildman–Crippen LogP) is 4.69. The number of nitrogens with zero attached hydrogens (tertiary/aromatic N) is 5. The molecule has 2 unspecified atom stereocenters. The molecule has 0 saturated carbocycles. The third kappa shape index (κ3) is 6.20. The van der Waals surface area contributed by atoms with Crippen LogP contribution in [0.3, 0.4) is 0 Å². The Bertz CT molecular complexity index is 1430. The number of likely N-dealkylation sites (N-methyl/N-ethyl adjacent to an activating group) is 1. The average Bonchev–Trinajstić information content (AvgIpc) is 3.37. The molecule has 0 bridgehead atoms. The van der Waals surface area contributed by atoms with Gasteiger partial charge in [0.1, 0.15) is 29.4 Å². The van der Waals surface area contributed by atoms with Crippen molar-refractivity contribution in [3.63, 3.8) is 0 Å². The zero-order chi connectivity index (χ0) is 30.3. The summed E-state index contributed by atoms with van der Waals surface area (Å²) in [5.74, 6) is -4.67. The van der Waals surface area contributed by atoms with Gasteiger partial charge in [-0.05, 0) is 69.9 Å². The normalized spacial score (nSPS) is 25.3. The van der Waals surface area contributed by atoms with Gasteiger partial charge in [-0.2, -0.15) is 0 Å². The summed E-state index contributed by atoms with van der Waals surface area (Å²) in [6.07, 6.45) is 10.8. The van der Waals surface area contributed by atoms with Crippen LogP contribution in [-0.4, -0.2) is 88.9 Å². The number of allylic oxidation sites excluding steroid dienone is 7. The third-order valence-corrected chi connectivity index (χ3v) is 8.83. The zero-order valence-electron chi connectivity index (χ0n) is 24.5. The first-order valence-electron chi connectivity index (χ1n) is 14.9. The van der Waals surface area contributed by atoms with Crippen LogP contribution in [0.2, 0.25) is 0 Å². The van der Waals surface area contributed by atoms with Crippen molar-refractivity contribution in [2.75, 3.05) is 51.6 Å². The van der Waals surface area contributed by atoms with Gasteiger partial charge in [0.15, 0.2) is 0 Å². The zero-order valence-corrected chi connectivity index (χ0v) is 24.5. The number of aryl methyl sites for hydroxylation is 1. The molecule has 43 heavy (non-hydrogen) atoms. The van der Waals surface area contributed by atoms with E-state index in [4.69, 9.17) is 0 Å². The van der Waals surface area contributed by atoms with E-state index in [1.54, 1.807) is 13.0 Å². The van der Waals surface area contributed by atoms with Gasteiger partial charge in [0.05, 0.1) is 30.7 Å². The van der Waals surface area contributed by atoms with Crippen molar-refractivity contribution >= 4 is 11.7 Å². The molecule has 12 heteroatoms. The molecule has 2 aliphatic carbocycles. The first-order chi connectivity index (χ1) is 20.6. The van der Waals surface area contributed by atoms with E-state index in [1.807, 2.05) is 6.08 Å².